The van der Waals surface area contributed by atoms with Crippen molar-refractivity contribution in [3.63, 3.8) is 0 Å². The zero-order valence-corrected chi connectivity index (χ0v) is 15.2. The van der Waals surface area contributed by atoms with E-state index in [4.69, 9.17) is 0 Å². The predicted molar refractivity (Wildman–Crippen MR) is 99.6 cm³/mol. The predicted octanol–water partition coefficient (Wildman–Crippen LogP) is 3.80. The number of carbonyl (C=O) groups excluding carboxylic acids is 2. The smallest absolute Gasteiger partial charge is 0.249 e. The number of hydrogen-bond acceptors (Lipinski definition) is 3. The number of nitrogens with zero attached hydrogens (tertiary/aromatic N) is 2. The van der Waals surface area contributed by atoms with Gasteiger partial charge in [-0.3, -0.25) is 9.59 Å². The first-order valence-electron chi connectivity index (χ1n) is 8.74. The number of amides is 2. The van der Waals surface area contributed by atoms with Gasteiger partial charge in [0.2, 0.25) is 11.8 Å². The maximum Gasteiger partial charge on any atom is 0.249 e. The second-order valence-electron chi connectivity index (χ2n) is 6.66. The van der Waals surface area contributed by atoms with Crippen molar-refractivity contribution in [2.24, 2.45) is 0 Å². The Bertz CT molecular complexity index is 1130. The van der Waals surface area contributed by atoms with Gasteiger partial charge in [-0.2, -0.15) is 5.10 Å². The fourth-order valence-electron chi connectivity index (χ4n) is 3.22. The average molecular weight is 400 g/mol. The monoisotopic (exact) mass is 400 g/mol. The summed E-state index contributed by atoms with van der Waals surface area (Å²) in [6, 6.07) is 7.67. The van der Waals surface area contributed by atoms with E-state index in [1.54, 1.807) is 19.1 Å². The Morgan fingerprint density at radius 1 is 1.14 bits per heavy atom. The van der Waals surface area contributed by atoms with E-state index < -0.39 is 29.4 Å². The van der Waals surface area contributed by atoms with Crippen LogP contribution in [-0.4, -0.2) is 21.6 Å². The Kier molecular flexibility index (Phi) is 4.57. The minimum absolute atomic E-state index is 0.0593. The van der Waals surface area contributed by atoms with Gasteiger partial charge in [-0.1, -0.05) is 0 Å². The number of aromatic nitrogens is 2. The Morgan fingerprint density at radius 3 is 2.55 bits per heavy atom. The third-order valence-electron chi connectivity index (χ3n) is 4.69. The van der Waals surface area contributed by atoms with Crippen molar-refractivity contribution in [3.8, 4) is 11.3 Å². The van der Waals surface area contributed by atoms with Crippen molar-refractivity contribution in [2.75, 3.05) is 10.6 Å². The molecule has 148 valence electrons. The highest BCUT2D eigenvalue weighted by molar-refractivity contribution is 6.02. The molecule has 0 saturated carbocycles. The van der Waals surface area contributed by atoms with E-state index in [2.05, 4.69) is 15.7 Å². The third-order valence-corrected chi connectivity index (χ3v) is 4.69. The summed E-state index contributed by atoms with van der Waals surface area (Å²) in [4.78, 5) is 24.9. The molecule has 2 aromatic carbocycles. The van der Waals surface area contributed by atoms with Crippen molar-refractivity contribution >= 4 is 23.3 Å². The van der Waals surface area contributed by atoms with Crippen LogP contribution in [-0.2, 0) is 9.59 Å². The molecule has 0 unspecified atom stereocenters. The van der Waals surface area contributed by atoms with Crippen LogP contribution in [0.5, 0.6) is 0 Å². The Labute approximate surface area is 163 Å². The number of benzene rings is 2. The van der Waals surface area contributed by atoms with Gasteiger partial charge < -0.3 is 10.6 Å². The zero-order chi connectivity index (χ0) is 20.7. The van der Waals surface area contributed by atoms with Crippen molar-refractivity contribution in [1.29, 1.82) is 0 Å². The van der Waals surface area contributed by atoms with Crippen LogP contribution in [0.15, 0.2) is 42.5 Å². The molecule has 2 amide bonds. The second-order valence-corrected chi connectivity index (χ2v) is 6.66. The number of fused-ring (bicyclic) bond motifs is 1. The zero-order valence-electron chi connectivity index (χ0n) is 15.2. The van der Waals surface area contributed by atoms with Gasteiger partial charge >= 0.3 is 0 Å². The summed E-state index contributed by atoms with van der Waals surface area (Å²) >= 11 is 0. The van der Waals surface area contributed by atoms with Gasteiger partial charge in [-0.25, -0.2) is 17.9 Å². The first-order valence-corrected chi connectivity index (χ1v) is 8.74. The minimum Gasteiger partial charge on any atom is -0.324 e. The Morgan fingerprint density at radius 2 is 1.86 bits per heavy atom. The maximum absolute atomic E-state index is 13.4. The number of anilines is 2. The van der Waals surface area contributed by atoms with Gasteiger partial charge in [0, 0.05) is 22.9 Å². The van der Waals surface area contributed by atoms with Crippen molar-refractivity contribution in [2.45, 2.75) is 19.4 Å². The molecule has 0 bridgehead atoms. The number of carbonyl (C=O) groups is 2. The van der Waals surface area contributed by atoms with Gasteiger partial charge in [0.15, 0.2) is 11.6 Å². The highest BCUT2D eigenvalue weighted by Crippen LogP contribution is 2.34. The SMILES string of the molecule is Cc1c(-c2ccc(F)cc2)nn2c1NC(=O)C[C@@H]2C(=O)Nc1ccc(F)c(F)c1. The van der Waals surface area contributed by atoms with E-state index in [0.29, 0.717) is 22.6 Å². The standard InChI is InChI=1S/C20H15F3N4O2/c1-10-18(11-2-4-12(21)5-3-11)26-27-16(9-17(28)25-19(10)27)20(29)24-13-6-7-14(22)15(23)8-13/h2-8,16H,9H2,1H3,(H,24,29)(H,25,28)/t16-/m1/s1. The van der Waals surface area contributed by atoms with Gasteiger partial charge in [0.25, 0.3) is 0 Å². The summed E-state index contributed by atoms with van der Waals surface area (Å²) in [5, 5.41) is 9.62. The Balaban J connectivity index is 1.69. The lowest BCUT2D eigenvalue weighted by Gasteiger charge is -2.24. The molecule has 29 heavy (non-hydrogen) atoms. The summed E-state index contributed by atoms with van der Waals surface area (Å²) in [7, 11) is 0. The maximum atomic E-state index is 13.4. The van der Waals surface area contributed by atoms with Crippen LogP contribution in [0, 0.1) is 24.4 Å². The second kappa shape index (κ2) is 7.08. The van der Waals surface area contributed by atoms with E-state index in [1.165, 1.54) is 22.9 Å². The lowest BCUT2D eigenvalue weighted by atomic mass is 10.1. The molecule has 0 aliphatic carbocycles. The van der Waals surface area contributed by atoms with E-state index in [9.17, 15) is 22.8 Å². The topological polar surface area (TPSA) is 76.0 Å². The fraction of sp³-hybridized carbons (Fsp3) is 0.150. The van der Waals surface area contributed by atoms with E-state index in [0.717, 1.165) is 12.1 Å². The molecule has 4 rings (SSSR count). The van der Waals surface area contributed by atoms with Crippen molar-refractivity contribution in [3.05, 3.63) is 65.5 Å². The molecule has 9 heteroatoms. The third kappa shape index (κ3) is 3.46. The fourth-order valence-corrected chi connectivity index (χ4v) is 3.22. The minimum atomic E-state index is -1.10. The molecule has 0 saturated heterocycles. The molecule has 2 heterocycles. The summed E-state index contributed by atoms with van der Waals surface area (Å²) in [6.07, 6.45) is -0.174. The number of rotatable bonds is 3. The van der Waals surface area contributed by atoms with Crippen molar-refractivity contribution in [1.82, 2.24) is 9.78 Å². The molecule has 1 aliphatic heterocycles. The number of nitrogens with one attached hydrogen (secondary N) is 2. The summed E-state index contributed by atoms with van der Waals surface area (Å²) in [5.74, 6) is -3.15. The van der Waals surface area contributed by atoms with Crippen LogP contribution in [0.3, 0.4) is 0 Å². The molecule has 1 aromatic heterocycles. The summed E-state index contributed by atoms with van der Waals surface area (Å²) in [6.45, 7) is 1.73. The Hall–Kier alpha value is -3.62. The van der Waals surface area contributed by atoms with Gasteiger partial charge in [0.1, 0.15) is 17.7 Å². The van der Waals surface area contributed by atoms with Crippen LogP contribution in [0.1, 0.15) is 18.0 Å². The quantitative estimate of drug-likeness (QED) is 0.702. The molecule has 1 atom stereocenters. The largest absolute Gasteiger partial charge is 0.324 e. The van der Waals surface area contributed by atoms with E-state index in [1.807, 2.05) is 0 Å². The highest BCUT2D eigenvalue weighted by Gasteiger charge is 2.34. The lowest BCUT2D eigenvalue weighted by molar-refractivity contribution is -0.125. The first kappa shape index (κ1) is 18.7. The van der Waals surface area contributed by atoms with E-state index >= 15 is 0 Å². The van der Waals surface area contributed by atoms with Crippen LogP contribution < -0.4 is 10.6 Å². The molecule has 0 spiro atoms. The first-order chi connectivity index (χ1) is 13.8. The lowest BCUT2D eigenvalue weighted by Crippen LogP contribution is -2.36. The van der Waals surface area contributed by atoms with Crippen LogP contribution in [0.4, 0.5) is 24.7 Å². The molecule has 3 aromatic rings. The number of halogens is 3. The molecule has 0 fully saturated rings. The molecular weight excluding hydrogens is 385 g/mol. The van der Waals surface area contributed by atoms with Gasteiger partial charge in [0.05, 0.1) is 12.1 Å². The van der Waals surface area contributed by atoms with E-state index in [-0.39, 0.29) is 18.0 Å². The summed E-state index contributed by atoms with van der Waals surface area (Å²) in [5.41, 5.74) is 1.80. The van der Waals surface area contributed by atoms with Crippen LogP contribution >= 0.6 is 0 Å². The molecule has 6 nitrogen and oxygen atoms in total. The summed E-state index contributed by atoms with van der Waals surface area (Å²) < 4.78 is 41.1. The normalized spacial score (nSPS) is 15.6. The molecule has 2 N–H and O–H groups in total. The van der Waals surface area contributed by atoms with Crippen LogP contribution in [0.2, 0.25) is 0 Å². The van der Waals surface area contributed by atoms with Gasteiger partial charge in [-0.15, -0.1) is 0 Å². The molecule has 1 aliphatic rings. The van der Waals surface area contributed by atoms with Gasteiger partial charge in [-0.05, 0) is 43.3 Å². The molecular formula is C20H15F3N4O2. The average Bonchev–Trinajstić information content (AvgIpc) is 3.01. The molecule has 0 radical (unpaired) electrons. The highest BCUT2D eigenvalue weighted by atomic mass is 19.2. The van der Waals surface area contributed by atoms with Crippen LogP contribution in [0.25, 0.3) is 11.3 Å². The van der Waals surface area contributed by atoms with Crippen molar-refractivity contribution < 1.29 is 22.8 Å². The number of hydrogen-bond donors (Lipinski definition) is 2.